The Bertz CT molecular complexity index is 1290. The van der Waals surface area contributed by atoms with Gasteiger partial charge in [-0.15, -0.1) is 0 Å². The minimum absolute atomic E-state index is 0.0714. The van der Waals surface area contributed by atoms with Crippen molar-refractivity contribution in [2.24, 2.45) is 0 Å². The SMILES string of the molecule is CCCCCCCCCCCCCCCCCC(=O)O[C@H](COC(=O)CCC/C=C\C/C=C\C/C=C\C=C\[C@H](O)CCCCC)COP(=O)(O)OC1[C@H](O)[C@H](O)C(O)[C@H](O)[C@H]1O. The predicted molar refractivity (Wildman–Crippen MR) is 241 cm³/mol. The topological polar surface area (TPSA) is 230 Å². The Morgan fingerprint density at radius 3 is 1.65 bits per heavy atom. The van der Waals surface area contributed by atoms with E-state index in [9.17, 15) is 49.7 Å². The third-order valence-electron chi connectivity index (χ3n) is 10.8. The fourth-order valence-corrected chi connectivity index (χ4v) is 7.89. The van der Waals surface area contributed by atoms with Gasteiger partial charge in [-0.2, -0.15) is 0 Å². The molecule has 15 heteroatoms. The van der Waals surface area contributed by atoms with Crippen molar-refractivity contribution in [2.75, 3.05) is 13.2 Å². The van der Waals surface area contributed by atoms with Crippen molar-refractivity contribution in [3.63, 3.8) is 0 Å². The van der Waals surface area contributed by atoms with E-state index in [1.807, 2.05) is 42.5 Å². The molecule has 3 unspecified atom stereocenters. The van der Waals surface area contributed by atoms with Crippen LogP contribution in [0.3, 0.4) is 0 Å². The number of carbonyl (C=O) groups is 2. The van der Waals surface area contributed by atoms with Crippen LogP contribution in [0, 0.1) is 0 Å². The number of aliphatic hydroxyl groups excluding tert-OH is 6. The second-order valence-corrected chi connectivity index (χ2v) is 17.9. The summed E-state index contributed by atoms with van der Waals surface area (Å²) in [6.07, 6.45) is 26.3. The van der Waals surface area contributed by atoms with Gasteiger partial charge in [0.15, 0.2) is 6.10 Å². The first-order chi connectivity index (χ1) is 29.8. The van der Waals surface area contributed by atoms with Crippen molar-refractivity contribution >= 4 is 19.8 Å². The van der Waals surface area contributed by atoms with E-state index in [0.29, 0.717) is 19.3 Å². The molecule has 9 atom stereocenters. The zero-order valence-electron chi connectivity index (χ0n) is 37.8. The van der Waals surface area contributed by atoms with E-state index in [2.05, 4.69) is 13.8 Å². The lowest BCUT2D eigenvalue weighted by molar-refractivity contribution is -0.220. The molecule has 0 amide bonds. The summed E-state index contributed by atoms with van der Waals surface area (Å²) in [7, 11) is -5.14. The molecule has 360 valence electrons. The van der Waals surface area contributed by atoms with Gasteiger partial charge in [0.25, 0.3) is 0 Å². The molecule has 0 aromatic rings. The smallest absolute Gasteiger partial charge is 0.462 e. The fraction of sp³-hybridized carbons (Fsp3) is 0.787. The first-order valence-corrected chi connectivity index (χ1v) is 25.0. The molecule has 0 radical (unpaired) electrons. The average Bonchev–Trinajstić information content (AvgIpc) is 3.25. The Morgan fingerprint density at radius 1 is 0.581 bits per heavy atom. The van der Waals surface area contributed by atoms with E-state index >= 15 is 0 Å². The zero-order valence-corrected chi connectivity index (χ0v) is 38.7. The fourth-order valence-electron chi connectivity index (χ4n) is 6.92. The predicted octanol–water partition coefficient (Wildman–Crippen LogP) is 8.14. The molecule has 14 nitrogen and oxygen atoms in total. The average molecular weight is 903 g/mol. The number of aliphatic hydroxyl groups is 6. The first kappa shape index (κ1) is 57.8. The Kier molecular flexibility index (Phi) is 34.5. The molecule has 0 saturated heterocycles. The molecule has 0 heterocycles. The van der Waals surface area contributed by atoms with E-state index in [-0.39, 0.29) is 12.8 Å². The van der Waals surface area contributed by atoms with Gasteiger partial charge in [0.2, 0.25) is 0 Å². The lowest BCUT2D eigenvalue weighted by Crippen LogP contribution is -2.64. The van der Waals surface area contributed by atoms with Crippen LogP contribution in [0.4, 0.5) is 0 Å². The lowest BCUT2D eigenvalue weighted by atomic mass is 9.85. The summed E-state index contributed by atoms with van der Waals surface area (Å²) in [5, 5.41) is 60.0. The van der Waals surface area contributed by atoms with Crippen molar-refractivity contribution in [3.8, 4) is 0 Å². The summed E-state index contributed by atoms with van der Waals surface area (Å²) < 4.78 is 33.5. The number of phosphoric acid groups is 1. The number of unbranched alkanes of at least 4 members (excludes halogenated alkanes) is 17. The normalized spacial score (nSPS) is 22.8. The van der Waals surface area contributed by atoms with E-state index in [4.69, 9.17) is 18.5 Å². The molecule has 0 spiro atoms. The third-order valence-corrected chi connectivity index (χ3v) is 11.8. The van der Waals surface area contributed by atoms with Gasteiger partial charge in [-0.05, 0) is 38.5 Å². The summed E-state index contributed by atoms with van der Waals surface area (Å²) in [6.45, 7) is 3.13. The Labute approximate surface area is 372 Å². The molecule has 1 aliphatic carbocycles. The number of rotatable bonds is 38. The number of esters is 2. The highest BCUT2D eigenvalue weighted by Gasteiger charge is 2.51. The van der Waals surface area contributed by atoms with Gasteiger partial charge in [0.05, 0.1) is 12.7 Å². The van der Waals surface area contributed by atoms with Crippen LogP contribution < -0.4 is 0 Å². The van der Waals surface area contributed by atoms with E-state index in [0.717, 1.165) is 64.2 Å². The number of phosphoric ester groups is 1. The van der Waals surface area contributed by atoms with E-state index in [1.165, 1.54) is 64.2 Å². The Hall–Kier alpha value is -2.23. The minimum atomic E-state index is -5.14. The van der Waals surface area contributed by atoms with Crippen LogP contribution in [-0.2, 0) is 32.7 Å². The van der Waals surface area contributed by atoms with Gasteiger partial charge < -0.3 is 45.0 Å². The Morgan fingerprint density at radius 2 is 1.06 bits per heavy atom. The molecule has 62 heavy (non-hydrogen) atoms. The monoisotopic (exact) mass is 903 g/mol. The summed E-state index contributed by atoms with van der Waals surface area (Å²) in [5.41, 5.74) is 0. The third kappa shape index (κ3) is 29.3. The molecule has 1 saturated carbocycles. The highest BCUT2D eigenvalue weighted by Crippen LogP contribution is 2.47. The molecule has 0 aromatic heterocycles. The quantitative estimate of drug-likeness (QED) is 0.0102. The maximum atomic E-state index is 12.8. The van der Waals surface area contributed by atoms with Crippen LogP contribution in [0.1, 0.15) is 174 Å². The lowest BCUT2D eigenvalue weighted by Gasteiger charge is -2.41. The van der Waals surface area contributed by atoms with Crippen LogP contribution >= 0.6 is 7.82 Å². The summed E-state index contributed by atoms with van der Waals surface area (Å²) in [4.78, 5) is 35.7. The van der Waals surface area contributed by atoms with Gasteiger partial charge >= 0.3 is 19.8 Å². The number of hydrogen-bond acceptors (Lipinski definition) is 13. The molecular weight excluding hydrogens is 819 g/mol. The minimum Gasteiger partial charge on any atom is -0.462 e. The molecule has 7 N–H and O–H groups in total. The van der Waals surface area contributed by atoms with Crippen molar-refractivity contribution in [3.05, 3.63) is 48.6 Å². The number of allylic oxidation sites excluding steroid dienone is 7. The maximum absolute atomic E-state index is 12.8. The molecule has 1 fully saturated rings. The van der Waals surface area contributed by atoms with Gasteiger partial charge in [0.1, 0.15) is 43.2 Å². The second kappa shape index (κ2) is 37.0. The largest absolute Gasteiger partial charge is 0.472 e. The molecule has 0 bridgehead atoms. The highest BCUT2D eigenvalue weighted by molar-refractivity contribution is 7.47. The van der Waals surface area contributed by atoms with Gasteiger partial charge in [-0.1, -0.05) is 172 Å². The van der Waals surface area contributed by atoms with Crippen LogP contribution in [0.15, 0.2) is 48.6 Å². The Balaban J connectivity index is 2.51. The van der Waals surface area contributed by atoms with E-state index in [1.54, 1.807) is 6.08 Å². The molecule has 0 aliphatic heterocycles. The van der Waals surface area contributed by atoms with Crippen LogP contribution in [0.2, 0.25) is 0 Å². The summed E-state index contributed by atoms with van der Waals surface area (Å²) >= 11 is 0. The van der Waals surface area contributed by atoms with Gasteiger partial charge in [-0.25, -0.2) is 4.57 Å². The maximum Gasteiger partial charge on any atom is 0.472 e. The van der Waals surface area contributed by atoms with Crippen molar-refractivity contribution in [2.45, 2.75) is 223 Å². The van der Waals surface area contributed by atoms with Crippen molar-refractivity contribution < 1.29 is 68.2 Å². The highest BCUT2D eigenvalue weighted by atomic mass is 31.2. The second-order valence-electron chi connectivity index (χ2n) is 16.5. The molecule has 0 aromatic carbocycles. The van der Waals surface area contributed by atoms with Crippen LogP contribution in [0.5, 0.6) is 0 Å². The zero-order chi connectivity index (χ0) is 45.9. The molecule has 1 aliphatic rings. The number of ether oxygens (including phenoxy) is 2. The van der Waals surface area contributed by atoms with E-state index < -0.39 is 81.8 Å². The number of hydrogen-bond donors (Lipinski definition) is 7. The van der Waals surface area contributed by atoms with Crippen LogP contribution in [0.25, 0.3) is 0 Å². The summed E-state index contributed by atoms with van der Waals surface area (Å²) in [6, 6.07) is 0. The van der Waals surface area contributed by atoms with Crippen molar-refractivity contribution in [1.29, 1.82) is 0 Å². The van der Waals surface area contributed by atoms with Crippen LogP contribution in [-0.4, -0.2) is 110 Å². The standard InChI is InChI=1S/C47H83O14P/c1-3-5-7-8-9-10-11-12-13-14-17-21-24-27-31-35-41(50)60-39(37-59-62(56,57)61-47-45(54)43(52)42(51)44(53)46(47)55)36-58-40(49)34-30-26-23-20-18-15-16-19-22-25-29-33-38(48)32-28-6-4-2/h15-16,20,22-23,25,29,33,38-39,42-48,51-55H,3-14,17-19,21,24,26-28,30-32,34-37H2,1-2H3,(H,56,57)/b16-15-,23-20-,25-22-,33-29+/t38-,39-,42?,43-,44+,45-,46-,47?/m1/s1. The molecule has 1 rings (SSSR count). The van der Waals surface area contributed by atoms with Gasteiger partial charge in [0, 0.05) is 12.8 Å². The molecular formula is C47H83O14P. The van der Waals surface area contributed by atoms with Crippen molar-refractivity contribution in [1.82, 2.24) is 0 Å². The first-order valence-electron chi connectivity index (χ1n) is 23.5. The van der Waals surface area contributed by atoms with Gasteiger partial charge in [-0.3, -0.25) is 18.6 Å². The summed E-state index contributed by atoms with van der Waals surface area (Å²) in [5.74, 6) is -1.19. The number of carbonyl (C=O) groups excluding carboxylic acids is 2.